The van der Waals surface area contributed by atoms with Crippen LogP contribution in [-0.2, 0) is 4.74 Å². The van der Waals surface area contributed by atoms with E-state index in [1.165, 1.54) is 0 Å². The van der Waals surface area contributed by atoms with E-state index < -0.39 is 0 Å². The number of pyridine rings is 1. The molecule has 5 heteroatoms. The van der Waals surface area contributed by atoms with E-state index in [2.05, 4.69) is 4.99 Å². The summed E-state index contributed by atoms with van der Waals surface area (Å²) >= 11 is 0. The molecule has 132 valence electrons. The number of carbonyl (C=O) groups excluding carboxylic acids is 1. The fourth-order valence-electron chi connectivity index (χ4n) is 2.80. The summed E-state index contributed by atoms with van der Waals surface area (Å²) in [6, 6.07) is 12.9. The van der Waals surface area contributed by atoms with Crippen molar-refractivity contribution in [3.05, 3.63) is 59.7 Å². The van der Waals surface area contributed by atoms with Gasteiger partial charge in [0.1, 0.15) is 17.8 Å². The second-order valence-corrected chi connectivity index (χ2v) is 6.43. The highest BCUT2D eigenvalue weighted by Crippen LogP contribution is 2.17. The molecular weight excluding hydrogens is 316 g/mol. The molecule has 1 atom stereocenters. The lowest BCUT2D eigenvalue weighted by Gasteiger charge is -2.12. The maximum Gasteiger partial charge on any atom is 0.263 e. The standard InChI is InChI=1S/C20H24N2O3/c1-15(2)21-19-10-3-4-11-22(19)20(23)16-7-5-8-17(13-16)25-14-18-9-6-12-24-18/h3-5,7-8,10-11,13,15,18H,6,9,12,14H2,1-2H3. The molecule has 0 aliphatic carbocycles. The summed E-state index contributed by atoms with van der Waals surface area (Å²) < 4.78 is 12.9. The first kappa shape index (κ1) is 17.4. The van der Waals surface area contributed by atoms with Crippen molar-refractivity contribution in [3.63, 3.8) is 0 Å². The molecule has 2 aromatic rings. The first-order valence-corrected chi connectivity index (χ1v) is 8.74. The van der Waals surface area contributed by atoms with Crippen LogP contribution in [0.25, 0.3) is 0 Å². The molecule has 0 radical (unpaired) electrons. The summed E-state index contributed by atoms with van der Waals surface area (Å²) in [5.41, 5.74) is 1.22. The van der Waals surface area contributed by atoms with E-state index in [4.69, 9.17) is 9.47 Å². The Balaban J connectivity index is 1.80. The SMILES string of the molecule is CC(C)N=c1ccccn1C(=O)c1cccc(OCC2CCCO2)c1. The number of carbonyl (C=O) groups is 1. The van der Waals surface area contributed by atoms with E-state index in [9.17, 15) is 4.79 Å². The van der Waals surface area contributed by atoms with Crippen molar-refractivity contribution < 1.29 is 14.3 Å². The average Bonchev–Trinajstić information content (AvgIpc) is 3.13. The first-order valence-electron chi connectivity index (χ1n) is 8.74. The lowest BCUT2D eigenvalue weighted by atomic mass is 10.2. The summed E-state index contributed by atoms with van der Waals surface area (Å²) in [6.45, 7) is 5.30. The van der Waals surface area contributed by atoms with Crippen LogP contribution in [0.4, 0.5) is 0 Å². The topological polar surface area (TPSA) is 52.8 Å². The smallest absolute Gasteiger partial charge is 0.263 e. The Hall–Kier alpha value is -2.40. The van der Waals surface area contributed by atoms with Gasteiger partial charge in [-0.2, -0.15) is 0 Å². The molecule has 0 N–H and O–H groups in total. The summed E-state index contributed by atoms with van der Waals surface area (Å²) in [5, 5.41) is 0. The lowest BCUT2D eigenvalue weighted by molar-refractivity contribution is 0.0679. The molecule has 25 heavy (non-hydrogen) atoms. The Labute approximate surface area is 147 Å². The van der Waals surface area contributed by atoms with Crippen molar-refractivity contribution >= 4 is 5.91 Å². The third-order valence-electron chi connectivity index (χ3n) is 3.99. The molecule has 5 nitrogen and oxygen atoms in total. The molecule has 1 aliphatic rings. The van der Waals surface area contributed by atoms with Crippen LogP contribution in [0.1, 0.15) is 37.0 Å². The Morgan fingerprint density at radius 3 is 2.96 bits per heavy atom. The van der Waals surface area contributed by atoms with Gasteiger partial charge in [-0.15, -0.1) is 0 Å². The number of nitrogens with zero attached hydrogens (tertiary/aromatic N) is 2. The molecule has 0 bridgehead atoms. The minimum atomic E-state index is -0.123. The van der Waals surface area contributed by atoms with Gasteiger partial charge >= 0.3 is 0 Å². The van der Waals surface area contributed by atoms with Crippen LogP contribution >= 0.6 is 0 Å². The van der Waals surface area contributed by atoms with Crippen LogP contribution in [-0.4, -0.2) is 35.8 Å². The van der Waals surface area contributed by atoms with Crippen molar-refractivity contribution in [1.82, 2.24) is 4.57 Å². The third-order valence-corrected chi connectivity index (χ3v) is 3.99. The Morgan fingerprint density at radius 2 is 2.20 bits per heavy atom. The second kappa shape index (κ2) is 8.12. The highest BCUT2D eigenvalue weighted by molar-refractivity contribution is 5.96. The number of aromatic nitrogens is 1. The average molecular weight is 340 g/mol. The highest BCUT2D eigenvalue weighted by atomic mass is 16.5. The first-order chi connectivity index (χ1) is 12.1. The fourth-order valence-corrected chi connectivity index (χ4v) is 2.80. The molecule has 1 aromatic carbocycles. The highest BCUT2D eigenvalue weighted by Gasteiger charge is 2.16. The van der Waals surface area contributed by atoms with E-state index in [-0.39, 0.29) is 18.1 Å². The predicted molar refractivity (Wildman–Crippen MR) is 95.8 cm³/mol. The lowest BCUT2D eigenvalue weighted by Crippen LogP contribution is -2.28. The minimum Gasteiger partial charge on any atom is -0.491 e. The van der Waals surface area contributed by atoms with Crippen molar-refractivity contribution in [1.29, 1.82) is 0 Å². The van der Waals surface area contributed by atoms with Gasteiger partial charge in [-0.3, -0.25) is 14.4 Å². The second-order valence-electron chi connectivity index (χ2n) is 6.43. The van der Waals surface area contributed by atoms with Gasteiger partial charge in [0.2, 0.25) is 0 Å². The summed E-state index contributed by atoms with van der Waals surface area (Å²) in [7, 11) is 0. The Bertz CT molecular complexity index is 789. The van der Waals surface area contributed by atoms with Crippen LogP contribution in [0.3, 0.4) is 0 Å². The number of rotatable bonds is 5. The quantitative estimate of drug-likeness (QED) is 0.841. The summed E-state index contributed by atoms with van der Waals surface area (Å²) in [4.78, 5) is 17.4. The zero-order valence-electron chi connectivity index (χ0n) is 14.7. The van der Waals surface area contributed by atoms with Crippen LogP contribution in [0.2, 0.25) is 0 Å². The molecule has 0 spiro atoms. The predicted octanol–water partition coefficient (Wildman–Crippen LogP) is 3.04. The van der Waals surface area contributed by atoms with Gasteiger partial charge in [-0.25, -0.2) is 0 Å². The van der Waals surface area contributed by atoms with Gasteiger partial charge in [-0.05, 0) is 57.0 Å². The van der Waals surface area contributed by atoms with Gasteiger partial charge in [0.15, 0.2) is 0 Å². The maximum absolute atomic E-state index is 12.9. The van der Waals surface area contributed by atoms with Crippen molar-refractivity contribution in [2.24, 2.45) is 4.99 Å². The van der Waals surface area contributed by atoms with Crippen LogP contribution < -0.4 is 10.2 Å². The summed E-state index contributed by atoms with van der Waals surface area (Å²) in [5.74, 6) is 0.558. The van der Waals surface area contributed by atoms with E-state index in [0.29, 0.717) is 23.4 Å². The van der Waals surface area contributed by atoms with Crippen molar-refractivity contribution in [2.45, 2.75) is 38.8 Å². The molecule has 1 aliphatic heterocycles. The molecule has 3 rings (SSSR count). The monoisotopic (exact) mass is 340 g/mol. The molecule has 1 aromatic heterocycles. The van der Waals surface area contributed by atoms with Gasteiger partial charge in [0.05, 0.1) is 6.10 Å². The third kappa shape index (κ3) is 4.57. The number of benzene rings is 1. The zero-order chi connectivity index (χ0) is 17.6. The van der Waals surface area contributed by atoms with E-state index in [1.54, 1.807) is 22.9 Å². The molecule has 1 fully saturated rings. The molecular formula is C20H24N2O3. The minimum absolute atomic E-state index is 0.113. The number of hydrogen-bond acceptors (Lipinski definition) is 4. The molecule has 2 heterocycles. The molecule has 0 amide bonds. The van der Waals surface area contributed by atoms with Crippen LogP contribution in [0, 0.1) is 0 Å². The van der Waals surface area contributed by atoms with Crippen molar-refractivity contribution in [3.8, 4) is 5.75 Å². The normalized spacial score (nSPS) is 17.9. The van der Waals surface area contributed by atoms with Gasteiger partial charge in [-0.1, -0.05) is 12.1 Å². The van der Waals surface area contributed by atoms with E-state index >= 15 is 0 Å². The van der Waals surface area contributed by atoms with Gasteiger partial charge in [0, 0.05) is 24.4 Å². The van der Waals surface area contributed by atoms with E-state index in [1.807, 2.05) is 44.2 Å². The van der Waals surface area contributed by atoms with Gasteiger partial charge < -0.3 is 9.47 Å². The molecule has 1 unspecified atom stereocenters. The number of hydrogen-bond donors (Lipinski definition) is 0. The fraction of sp³-hybridized carbons (Fsp3) is 0.400. The van der Waals surface area contributed by atoms with Crippen LogP contribution in [0.15, 0.2) is 53.7 Å². The van der Waals surface area contributed by atoms with E-state index in [0.717, 1.165) is 19.4 Å². The van der Waals surface area contributed by atoms with Crippen molar-refractivity contribution in [2.75, 3.05) is 13.2 Å². The Kier molecular flexibility index (Phi) is 5.66. The zero-order valence-corrected chi connectivity index (χ0v) is 14.7. The summed E-state index contributed by atoms with van der Waals surface area (Å²) in [6.07, 6.45) is 4.00. The molecule has 1 saturated heterocycles. The Morgan fingerprint density at radius 1 is 1.32 bits per heavy atom. The molecule has 0 saturated carbocycles. The van der Waals surface area contributed by atoms with Gasteiger partial charge in [0.25, 0.3) is 5.91 Å². The maximum atomic E-state index is 12.9. The largest absolute Gasteiger partial charge is 0.491 e. The van der Waals surface area contributed by atoms with Crippen LogP contribution in [0.5, 0.6) is 5.75 Å². The number of ether oxygens (including phenoxy) is 2.